The number of nitrogens with zero attached hydrogens (tertiary/aromatic N) is 2. The van der Waals surface area contributed by atoms with Crippen molar-refractivity contribution < 1.29 is 27.8 Å². The molecule has 0 fully saturated rings. The Morgan fingerprint density at radius 2 is 1.94 bits per heavy atom. The number of rotatable bonds is 13. The van der Waals surface area contributed by atoms with Gasteiger partial charge in [-0.05, 0) is 19.1 Å². The van der Waals surface area contributed by atoms with E-state index < -0.39 is 16.1 Å². The zero-order valence-electron chi connectivity index (χ0n) is 17.7. The smallest absolute Gasteiger partial charge is 0.306 e. The number of methoxy groups -OCH3 is 1. The fraction of sp³-hybridized carbons (Fsp3) is 0.526. The molecule has 2 rings (SSSR count). The molecule has 31 heavy (non-hydrogen) atoms. The van der Waals surface area contributed by atoms with E-state index in [9.17, 15) is 18.3 Å². The number of nitrogens with one attached hydrogen (secondary N) is 2. The van der Waals surface area contributed by atoms with Crippen LogP contribution in [0.5, 0.6) is 5.88 Å². The van der Waals surface area contributed by atoms with Gasteiger partial charge in [-0.3, -0.25) is 4.79 Å². The number of aryl methyl sites for hydroxylation is 1. The van der Waals surface area contributed by atoms with Gasteiger partial charge in [-0.15, -0.1) is 4.37 Å². The highest BCUT2D eigenvalue weighted by molar-refractivity contribution is 7.89. The van der Waals surface area contributed by atoms with Crippen LogP contribution in [0.1, 0.15) is 30.5 Å². The van der Waals surface area contributed by atoms with Crippen molar-refractivity contribution in [2.75, 3.05) is 33.4 Å². The van der Waals surface area contributed by atoms with Crippen LogP contribution >= 0.6 is 11.7 Å². The van der Waals surface area contributed by atoms with E-state index in [4.69, 9.17) is 4.74 Å². The summed E-state index contributed by atoms with van der Waals surface area (Å²) in [4.78, 5) is 11.6. The van der Waals surface area contributed by atoms with Crippen molar-refractivity contribution in [1.82, 2.24) is 18.8 Å². The molecule has 0 aliphatic carbocycles. The molecule has 0 saturated carbocycles. The number of esters is 1. The second kappa shape index (κ2) is 12.1. The van der Waals surface area contributed by atoms with E-state index in [0.717, 1.165) is 17.3 Å². The molecule has 1 aromatic carbocycles. The molecule has 2 aromatic rings. The number of carbonyl (C=O) groups excluding carboxylic acids is 1. The first-order chi connectivity index (χ1) is 14.7. The number of aromatic nitrogens is 2. The molecule has 172 valence electrons. The van der Waals surface area contributed by atoms with Crippen molar-refractivity contribution in [2.45, 2.75) is 37.2 Å². The minimum atomic E-state index is -3.57. The van der Waals surface area contributed by atoms with Crippen LogP contribution in [-0.4, -0.2) is 67.7 Å². The summed E-state index contributed by atoms with van der Waals surface area (Å²) in [5.74, 6) is -0.294. The van der Waals surface area contributed by atoms with Crippen LogP contribution in [-0.2, 0) is 19.6 Å². The molecule has 0 aliphatic rings. The van der Waals surface area contributed by atoms with Crippen molar-refractivity contribution >= 4 is 27.7 Å². The molecule has 0 amide bonds. The highest BCUT2D eigenvalue weighted by Gasteiger charge is 2.21. The summed E-state index contributed by atoms with van der Waals surface area (Å²) in [7, 11) is -2.24. The third-order valence-corrected chi connectivity index (χ3v) is 6.37. The van der Waals surface area contributed by atoms with Gasteiger partial charge in [0.25, 0.3) is 0 Å². The van der Waals surface area contributed by atoms with Crippen molar-refractivity contribution in [2.24, 2.45) is 0 Å². The first-order valence-electron chi connectivity index (χ1n) is 9.70. The van der Waals surface area contributed by atoms with E-state index in [1.807, 2.05) is 13.8 Å². The second-order valence-electron chi connectivity index (χ2n) is 7.02. The van der Waals surface area contributed by atoms with Gasteiger partial charge in [0.15, 0.2) is 0 Å². The molecule has 0 bridgehead atoms. The van der Waals surface area contributed by atoms with Crippen molar-refractivity contribution in [3.05, 3.63) is 35.5 Å². The Morgan fingerprint density at radius 3 is 2.61 bits per heavy atom. The SMILES string of the molecule is COC(=O)CC(C)c1nsnc1OCC(O)CNCCNS(=O)(=O)c1ccc(C)cc1. The lowest BCUT2D eigenvalue weighted by atomic mass is 10.0. The molecular formula is C19H28N4O6S2. The van der Waals surface area contributed by atoms with E-state index in [1.165, 1.54) is 7.11 Å². The van der Waals surface area contributed by atoms with Gasteiger partial charge in [0.2, 0.25) is 15.9 Å². The fourth-order valence-corrected chi connectivity index (χ4v) is 4.23. The molecule has 0 spiro atoms. The Morgan fingerprint density at radius 1 is 1.23 bits per heavy atom. The largest absolute Gasteiger partial charge is 0.473 e. The minimum Gasteiger partial charge on any atom is -0.473 e. The maximum absolute atomic E-state index is 12.2. The Balaban J connectivity index is 1.69. The molecular weight excluding hydrogens is 444 g/mol. The first kappa shape index (κ1) is 25.1. The Hall–Kier alpha value is -2.12. The third-order valence-electron chi connectivity index (χ3n) is 4.37. The number of benzene rings is 1. The molecule has 10 nitrogen and oxygen atoms in total. The topological polar surface area (TPSA) is 140 Å². The van der Waals surface area contributed by atoms with E-state index in [2.05, 4.69) is 23.5 Å². The summed E-state index contributed by atoms with van der Waals surface area (Å²) >= 11 is 0.967. The number of ether oxygens (including phenoxy) is 2. The zero-order valence-corrected chi connectivity index (χ0v) is 19.3. The predicted octanol–water partition coefficient (Wildman–Crippen LogP) is 0.821. The minimum absolute atomic E-state index is 0.0224. The standard InChI is InChI=1S/C19H28N4O6S2/c1-13-4-6-16(7-5-13)31(26,27)21-9-8-20-11-15(24)12-29-19-18(22-30-23-19)14(2)10-17(25)28-3/h4-7,14-15,20-21,24H,8-12H2,1-3H3. The second-order valence-corrected chi connectivity index (χ2v) is 9.31. The number of sulfonamides is 1. The van der Waals surface area contributed by atoms with Gasteiger partial charge in [-0.2, -0.15) is 4.37 Å². The van der Waals surface area contributed by atoms with Gasteiger partial charge in [0, 0.05) is 25.6 Å². The lowest BCUT2D eigenvalue weighted by molar-refractivity contribution is -0.141. The maximum atomic E-state index is 12.2. The Kier molecular flexibility index (Phi) is 9.78. The van der Waals surface area contributed by atoms with Gasteiger partial charge in [0.1, 0.15) is 18.4 Å². The van der Waals surface area contributed by atoms with Crippen LogP contribution in [0.4, 0.5) is 0 Å². The molecule has 3 N–H and O–H groups in total. The van der Waals surface area contributed by atoms with Gasteiger partial charge in [0.05, 0.1) is 30.2 Å². The lowest BCUT2D eigenvalue weighted by Gasteiger charge is -2.14. The monoisotopic (exact) mass is 472 g/mol. The summed E-state index contributed by atoms with van der Waals surface area (Å²) in [6.07, 6.45) is -0.680. The van der Waals surface area contributed by atoms with E-state index in [0.29, 0.717) is 12.2 Å². The quantitative estimate of drug-likeness (QED) is 0.285. The van der Waals surface area contributed by atoms with E-state index in [1.54, 1.807) is 24.3 Å². The molecule has 0 aliphatic heterocycles. The summed E-state index contributed by atoms with van der Waals surface area (Å²) in [5, 5.41) is 13.0. The van der Waals surface area contributed by atoms with Crippen molar-refractivity contribution in [3.8, 4) is 5.88 Å². The highest BCUT2D eigenvalue weighted by atomic mass is 32.2. The number of aliphatic hydroxyl groups excluding tert-OH is 1. The van der Waals surface area contributed by atoms with Gasteiger partial charge in [-0.25, -0.2) is 13.1 Å². The fourth-order valence-electron chi connectivity index (χ4n) is 2.60. The average molecular weight is 473 g/mol. The Labute approximate surface area is 186 Å². The number of carbonyl (C=O) groups is 1. The van der Waals surface area contributed by atoms with E-state index in [-0.39, 0.29) is 48.8 Å². The van der Waals surface area contributed by atoms with Gasteiger partial charge < -0.3 is 19.9 Å². The molecule has 0 radical (unpaired) electrons. The van der Waals surface area contributed by atoms with Crippen LogP contribution < -0.4 is 14.8 Å². The number of hydrogen-bond donors (Lipinski definition) is 3. The highest BCUT2D eigenvalue weighted by Crippen LogP contribution is 2.27. The summed E-state index contributed by atoms with van der Waals surface area (Å²) in [5.41, 5.74) is 1.52. The first-order valence-corrected chi connectivity index (χ1v) is 11.9. The summed E-state index contributed by atoms with van der Waals surface area (Å²) < 4.78 is 45.3. The molecule has 1 aromatic heterocycles. The van der Waals surface area contributed by atoms with Crippen LogP contribution in [0.2, 0.25) is 0 Å². The molecule has 2 atom stereocenters. The number of aliphatic hydroxyl groups is 1. The third kappa shape index (κ3) is 8.15. The van der Waals surface area contributed by atoms with Crippen LogP contribution in [0, 0.1) is 6.92 Å². The molecule has 12 heteroatoms. The summed E-state index contributed by atoms with van der Waals surface area (Å²) in [6, 6.07) is 6.59. The van der Waals surface area contributed by atoms with Crippen molar-refractivity contribution in [3.63, 3.8) is 0 Å². The van der Waals surface area contributed by atoms with Crippen LogP contribution in [0.3, 0.4) is 0 Å². The number of hydrogen-bond acceptors (Lipinski definition) is 10. The maximum Gasteiger partial charge on any atom is 0.306 e. The zero-order chi connectivity index (χ0) is 22.9. The van der Waals surface area contributed by atoms with Gasteiger partial charge in [-0.1, -0.05) is 24.6 Å². The normalized spacial score (nSPS) is 13.5. The predicted molar refractivity (Wildman–Crippen MR) is 116 cm³/mol. The molecule has 2 unspecified atom stereocenters. The van der Waals surface area contributed by atoms with Gasteiger partial charge >= 0.3 is 5.97 Å². The average Bonchev–Trinajstić information content (AvgIpc) is 3.21. The van der Waals surface area contributed by atoms with Crippen LogP contribution in [0.15, 0.2) is 29.2 Å². The van der Waals surface area contributed by atoms with Crippen LogP contribution in [0.25, 0.3) is 0 Å². The van der Waals surface area contributed by atoms with Crippen molar-refractivity contribution in [1.29, 1.82) is 0 Å². The lowest BCUT2D eigenvalue weighted by Crippen LogP contribution is -2.37. The molecule has 0 saturated heterocycles. The Bertz CT molecular complexity index is 933. The summed E-state index contributed by atoms with van der Waals surface area (Å²) in [6.45, 7) is 4.40. The van der Waals surface area contributed by atoms with E-state index >= 15 is 0 Å². The molecule has 1 heterocycles.